The van der Waals surface area contributed by atoms with Crippen molar-refractivity contribution in [2.45, 2.75) is 43.5 Å². The Kier molecular flexibility index (Phi) is 6.63. The third-order valence-corrected chi connectivity index (χ3v) is 8.76. The van der Waals surface area contributed by atoms with Gasteiger partial charge < -0.3 is 14.1 Å². The summed E-state index contributed by atoms with van der Waals surface area (Å²) in [5.41, 5.74) is 1.78. The second-order valence-corrected chi connectivity index (χ2v) is 10.9. The van der Waals surface area contributed by atoms with E-state index in [-0.39, 0.29) is 29.1 Å². The lowest BCUT2D eigenvalue weighted by Crippen LogP contribution is -2.37. The summed E-state index contributed by atoms with van der Waals surface area (Å²) >= 11 is 0. The van der Waals surface area contributed by atoms with Crippen LogP contribution >= 0.6 is 10.8 Å². The number of amides is 1. The second kappa shape index (κ2) is 9.69. The summed E-state index contributed by atoms with van der Waals surface area (Å²) in [6, 6.07) is 12.5. The molecule has 35 heavy (non-hydrogen) atoms. The lowest BCUT2D eigenvalue weighted by atomic mass is 10.0. The molecule has 2 aromatic carbocycles. The van der Waals surface area contributed by atoms with Crippen LogP contribution in [0.3, 0.4) is 0 Å². The van der Waals surface area contributed by atoms with Gasteiger partial charge in [-0.3, -0.25) is 18.5 Å². The number of aromatic nitrogens is 1. The minimum Gasteiger partial charge on any atom is -0.494 e. The van der Waals surface area contributed by atoms with Crippen molar-refractivity contribution in [1.29, 1.82) is 0 Å². The minimum atomic E-state index is -3.31. The number of hydrogen-bond acceptors (Lipinski definition) is 7. The van der Waals surface area contributed by atoms with Gasteiger partial charge in [0.2, 0.25) is 0 Å². The van der Waals surface area contributed by atoms with Crippen LogP contribution in [0.4, 0.5) is 0 Å². The maximum Gasteiger partial charge on any atom is 0.420 e. The summed E-state index contributed by atoms with van der Waals surface area (Å²) in [4.78, 5) is 27.9. The Morgan fingerprint density at radius 1 is 1.06 bits per heavy atom. The van der Waals surface area contributed by atoms with Crippen LogP contribution < -0.4 is 10.5 Å². The van der Waals surface area contributed by atoms with E-state index in [9.17, 15) is 18.7 Å². The van der Waals surface area contributed by atoms with Crippen molar-refractivity contribution in [1.82, 2.24) is 13.8 Å². The number of carbonyl (C=O) groups excluding carboxylic acids is 1. The van der Waals surface area contributed by atoms with E-state index in [1.165, 1.54) is 4.31 Å². The maximum atomic E-state index is 12.9. The van der Waals surface area contributed by atoms with Gasteiger partial charge in [-0.05, 0) is 69.5 Å². The highest BCUT2D eigenvalue weighted by Crippen LogP contribution is 2.59. The number of para-hydroxylation sites is 2. The third-order valence-electron chi connectivity index (χ3n) is 6.85. The molecule has 0 radical (unpaired) electrons. The van der Waals surface area contributed by atoms with Crippen LogP contribution in [0.1, 0.15) is 49.0 Å². The Balaban J connectivity index is 1.12. The smallest absolute Gasteiger partial charge is 0.420 e. The summed E-state index contributed by atoms with van der Waals surface area (Å²) in [6.07, 6.45) is 3.23. The molecule has 3 aromatic rings. The molecule has 2 aliphatic rings. The summed E-state index contributed by atoms with van der Waals surface area (Å²) in [5.74, 6) is -0.112. The van der Waals surface area contributed by atoms with Crippen LogP contribution in [-0.4, -0.2) is 61.6 Å². The van der Waals surface area contributed by atoms with Gasteiger partial charge in [0.25, 0.3) is 5.91 Å². The average molecular weight is 502 g/mol. The number of unbranched alkanes of at least 4 members (excludes halogenated alkanes) is 1. The summed E-state index contributed by atoms with van der Waals surface area (Å²) in [6.45, 7) is 5.22. The normalized spacial score (nSPS) is 19.3. The van der Waals surface area contributed by atoms with Crippen molar-refractivity contribution in [3.63, 3.8) is 0 Å². The van der Waals surface area contributed by atoms with Crippen molar-refractivity contribution < 1.29 is 23.1 Å². The number of hydrogen-bond donors (Lipinski definition) is 2. The molecule has 0 aliphatic carbocycles. The van der Waals surface area contributed by atoms with E-state index in [1.54, 1.807) is 22.8 Å². The number of carbonyl (C=O) groups is 1. The molecule has 188 valence electrons. The van der Waals surface area contributed by atoms with E-state index in [2.05, 4.69) is 4.90 Å². The zero-order chi connectivity index (χ0) is 24.6. The van der Waals surface area contributed by atoms with Crippen molar-refractivity contribution >= 4 is 27.8 Å². The minimum absolute atomic E-state index is 0.123. The number of nitrogens with zero attached hydrogens (tertiary/aromatic N) is 3. The third kappa shape index (κ3) is 4.47. The first-order chi connectivity index (χ1) is 16.9. The van der Waals surface area contributed by atoms with Gasteiger partial charge in [-0.25, -0.2) is 9.10 Å². The number of fused-ring (bicyclic) bond motifs is 2. The molecule has 2 aliphatic heterocycles. The van der Waals surface area contributed by atoms with Crippen molar-refractivity contribution in [3.8, 4) is 5.75 Å². The highest BCUT2D eigenvalue weighted by molar-refractivity contribution is 8.23. The summed E-state index contributed by atoms with van der Waals surface area (Å²) in [7, 11) is -3.31. The Bertz CT molecular complexity index is 1280. The summed E-state index contributed by atoms with van der Waals surface area (Å²) < 4.78 is 35.3. The lowest BCUT2D eigenvalue weighted by Gasteiger charge is -2.37. The summed E-state index contributed by atoms with van der Waals surface area (Å²) in [5, 5.41) is 0. The molecule has 9 nitrogen and oxygen atoms in total. The molecule has 0 unspecified atom stereocenters. The van der Waals surface area contributed by atoms with E-state index in [1.807, 2.05) is 31.2 Å². The molecule has 10 heteroatoms. The Morgan fingerprint density at radius 3 is 2.57 bits per heavy atom. The van der Waals surface area contributed by atoms with Gasteiger partial charge in [0.05, 0.1) is 22.6 Å². The van der Waals surface area contributed by atoms with E-state index in [4.69, 9.17) is 9.15 Å². The molecule has 0 spiro atoms. The van der Waals surface area contributed by atoms with Crippen LogP contribution in [0, 0.1) is 0 Å². The molecule has 5 rings (SSSR count). The second-order valence-electron chi connectivity index (χ2n) is 9.00. The molecule has 0 saturated carbocycles. The average Bonchev–Trinajstić information content (AvgIpc) is 3.28. The predicted octanol–water partition coefficient (Wildman–Crippen LogP) is 4.59. The molecule has 0 bridgehead atoms. The van der Waals surface area contributed by atoms with Crippen molar-refractivity contribution in [2.75, 3.05) is 32.8 Å². The number of likely N-dealkylation sites (tertiary alicyclic amines) is 1. The molecule has 1 aromatic heterocycles. The zero-order valence-corrected chi connectivity index (χ0v) is 20.6. The van der Waals surface area contributed by atoms with E-state index >= 15 is 0 Å². The number of ether oxygens (including phenoxy) is 1. The number of oxazole rings is 1. The van der Waals surface area contributed by atoms with Gasteiger partial charge >= 0.3 is 5.76 Å². The van der Waals surface area contributed by atoms with E-state index < -0.39 is 10.8 Å². The van der Waals surface area contributed by atoms with Crippen LogP contribution in [0.25, 0.3) is 11.1 Å². The first kappa shape index (κ1) is 23.9. The standard InChI is InChI=1S/C25H31N3O6S/c1-2-33-19-9-10-23-20(17-19)24(29)27(35(23,31)32)14-6-5-13-26-15-11-18(12-16-26)28-21-7-3-4-8-22(21)34-25(28)30/h3-4,7-10,17-18,31-32H,2,5-6,11-16H2,1H3. The quantitative estimate of drug-likeness (QED) is 0.435. The van der Waals surface area contributed by atoms with Crippen molar-refractivity contribution in [2.24, 2.45) is 0 Å². The Hall–Kier alpha value is -2.79. The zero-order valence-electron chi connectivity index (χ0n) is 19.8. The molecule has 1 fully saturated rings. The van der Waals surface area contributed by atoms with Crippen molar-refractivity contribution in [3.05, 3.63) is 58.6 Å². The van der Waals surface area contributed by atoms with Gasteiger partial charge in [0.1, 0.15) is 5.75 Å². The van der Waals surface area contributed by atoms with Gasteiger partial charge in [0.15, 0.2) is 5.58 Å². The molecule has 1 amide bonds. The van der Waals surface area contributed by atoms with E-state index in [0.717, 1.165) is 44.4 Å². The molecule has 3 heterocycles. The van der Waals surface area contributed by atoms with Gasteiger partial charge in [-0.1, -0.05) is 22.9 Å². The van der Waals surface area contributed by atoms with Gasteiger partial charge in [-0.2, -0.15) is 0 Å². The number of piperidine rings is 1. The predicted molar refractivity (Wildman–Crippen MR) is 134 cm³/mol. The van der Waals surface area contributed by atoms with Crippen LogP contribution in [0.2, 0.25) is 0 Å². The monoisotopic (exact) mass is 501 g/mol. The SMILES string of the molecule is CCOc1ccc2c(c1)C(=O)N(CCCCN1CCC(n3c(=O)oc4ccccc43)CC1)S2(O)O. The molecular weight excluding hydrogens is 470 g/mol. The Morgan fingerprint density at radius 2 is 1.80 bits per heavy atom. The topological polar surface area (TPSA) is 108 Å². The van der Waals surface area contributed by atoms with E-state index in [0.29, 0.717) is 29.9 Å². The fraction of sp³-hybridized carbons (Fsp3) is 0.440. The van der Waals surface area contributed by atoms with Crippen LogP contribution in [0.5, 0.6) is 5.75 Å². The molecule has 0 atom stereocenters. The molecule has 1 saturated heterocycles. The van der Waals surface area contributed by atoms with Gasteiger partial charge in [0, 0.05) is 25.7 Å². The van der Waals surface area contributed by atoms with Crippen LogP contribution in [-0.2, 0) is 0 Å². The van der Waals surface area contributed by atoms with Crippen LogP contribution in [0.15, 0.2) is 56.6 Å². The highest BCUT2D eigenvalue weighted by Gasteiger charge is 2.41. The maximum absolute atomic E-state index is 12.9. The number of rotatable bonds is 8. The fourth-order valence-electron chi connectivity index (χ4n) is 5.09. The number of benzene rings is 2. The fourth-order valence-corrected chi connectivity index (χ4v) is 6.73. The Labute approximate surface area is 205 Å². The first-order valence-electron chi connectivity index (χ1n) is 12.1. The highest BCUT2D eigenvalue weighted by atomic mass is 32.3. The molecular formula is C25H31N3O6S. The van der Waals surface area contributed by atoms with Gasteiger partial charge in [-0.15, -0.1) is 0 Å². The lowest BCUT2D eigenvalue weighted by molar-refractivity contribution is 0.0859. The molecule has 2 N–H and O–H groups in total. The first-order valence-corrected chi connectivity index (χ1v) is 13.6. The largest absolute Gasteiger partial charge is 0.494 e.